The van der Waals surface area contributed by atoms with Crippen molar-refractivity contribution in [3.8, 4) is 5.75 Å². The van der Waals surface area contributed by atoms with Crippen LogP contribution in [0.25, 0.3) is 0 Å². The van der Waals surface area contributed by atoms with E-state index in [0.29, 0.717) is 11.4 Å². The van der Waals surface area contributed by atoms with Crippen molar-refractivity contribution >= 4 is 11.6 Å². The van der Waals surface area contributed by atoms with Gasteiger partial charge < -0.3 is 15.8 Å². The predicted molar refractivity (Wildman–Crippen MR) is 73.6 cm³/mol. The number of anilines is 1. The minimum atomic E-state index is -0.239. The highest BCUT2D eigenvalue weighted by Gasteiger charge is 2.18. The number of rotatable bonds is 5. The fraction of sp³-hybridized carbons (Fsp3) is 0.500. The summed E-state index contributed by atoms with van der Waals surface area (Å²) >= 11 is 0. The molecule has 0 fully saturated rings. The van der Waals surface area contributed by atoms with Gasteiger partial charge in [0.2, 0.25) is 5.91 Å². The van der Waals surface area contributed by atoms with Gasteiger partial charge in [-0.2, -0.15) is 0 Å². The third kappa shape index (κ3) is 4.04. The molecule has 1 rings (SSSR count). The largest absolute Gasteiger partial charge is 0.489 e. The van der Waals surface area contributed by atoms with Gasteiger partial charge in [-0.15, -0.1) is 0 Å². The van der Waals surface area contributed by atoms with E-state index in [1.165, 1.54) is 0 Å². The Hall–Kier alpha value is -1.55. The summed E-state index contributed by atoms with van der Waals surface area (Å²) in [7, 11) is 0. The summed E-state index contributed by atoms with van der Waals surface area (Å²) in [6.07, 6.45) is 0.0638. The summed E-state index contributed by atoms with van der Waals surface area (Å²) < 4.78 is 5.64. The summed E-state index contributed by atoms with van der Waals surface area (Å²) in [6.45, 7) is 7.53. The average Bonchev–Trinajstić information content (AvgIpc) is 2.29. The fourth-order valence-electron chi connectivity index (χ4n) is 1.41. The van der Waals surface area contributed by atoms with Crippen LogP contribution in [0.15, 0.2) is 24.3 Å². The molecule has 4 nitrogen and oxygen atoms in total. The first-order valence-electron chi connectivity index (χ1n) is 6.24. The Morgan fingerprint density at radius 1 is 1.22 bits per heavy atom. The molecule has 100 valence electrons. The molecule has 0 saturated heterocycles. The van der Waals surface area contributed by atoms with E-state index in [0.717, 1.165) is 0 Å². The molecule has 0 saturated carbocycles. The van der Waals surface area contributed by atoms with E-state index in [4.69, 9.17) is 10.5 Å². The first-order valence-corrected chi connectivity index (χ1v) is 6.24. The highest BCUT2D eigenvalue weighted by atomic mass is 16.5. The third-order valence-corrected chi connectivity index (χ3v) is 2.71. The molecule has 0 aliphatic rings. The van der Waals surface area contributed by atoms with Crippen LogP contribution >= 0.6 is 0 Å². The minimum absolute atomic E-state index is 0.0638. The molecule has 1 aromatic rings. The normalized spacial score (nSPS) is 14.1. The Balaban J connectivity index is 2.81. The molecule has 0 spiro atoms. The van der Waals surface area contributed by atoms with E-state index >= 15 is 0 Å². The van der Waals surface area contributed by atoms with Crippen LogP contribution in [0.5, 0.6) is 5.75 Å². The summed E-state index contributed by atoms with van der Waals surface area (Å²) in [5, 5.41) is 2.85. The lowest BCUT2D eigenvalue weighted by atomic mass is 10.0. The van der Waals surface area contributed by atoms with Crippen molar-refractivity contribution in [3.63, 3.8) is 0 Å². The van der Waals surface area contributed by atoms with Gasteiger partial charge in [0.1, 0.15) is 5.75 Å². The molecule has 0 aromatic heterocycles. The van der Waals surface area contributed by atoms with Crippen LogP contribution in [0, 0.1) is 5.92 Å². The highest BCUT2D eigenvalue weighted by Crippen LogP contribution is 2.25. The van der Waals surface area contributed by atoms with Crippen LogP contribution in [0.4, 0.5) is 5.69 Å². The number of benzene rings is 1. The van der Waals surface area contributed by atoms with Crippen LogP contribution < -0.4 is 15.8 Å². The standard InChI is InChI=1S/C14H22N2O2/c1-9(2)18-13-8-6-5-7-12(13)16-14(17)10(3)11(4)15/h5-11H,15H2,1-4H3,(H,16,17). The van der Waals surface area contributed by atoms with Crippen LogP contribution in [-0.4, -0.2) is 18.1 Å². The van der Waals surface area contributed by atoms with E-state index in [2.05, 4.69) is 5.32 Å². The van der Waals surface area contributed by atoms with Gasteiger partial charge in [-0.3, -0.25) is 4.79 Å². The van der Waals surface area contributed by atoms with Gasteiger partial charge in [0.25, 0.3) is 0 Å². The van der Waals surface area contributed by atoms with Gasteiger partial charge in [-0.05, 0) is 32.9 Å². The van der Waals surface area contributed by atoms with Crippen molar-refractivity contribution < 1.29 is 9.53 Å². The molecule has 2 atom stereocenters. The average molecular weight is 250 g/mol. The summed E-state index contributed by atoms with van der Waals surface area (Å²) in [6, 6.07) is 7.22. The Labute approximate surface area is 109 Å². The number of hydrogen-bond donors (Lipinski definition) is 2. The van der Waals surface area contributed by atoms with Gasteiger partial charge >= 0.3 is 0 Å². The van der Waals surface area contributed by atoms with Crippen molar-refractivity contribution in [3.05, 3.63) is 24.3 Å². The molecule has 2 unspecified atom stereocenters. The molecule has 1 amide bonds. The first-order chi connectivity index (χ1) is 8.41. The van der Waals surface area contributed by atoms with E-state index in [1.54, 1.807) is 0 Å². The second-order valence-corrected chi connectivity index (χ2v) is 4.80. The summed E-state index contributed by atoms with van der Waals surface area (Å²) in [5.74, 6) is 0.347. The number of carbonyl (C=O) groups is 1. The number of hydrogen-bond acceptors (Lipinski definition) is 3. The molecule has 0 aliphatic heterocycles. The molecule has 1 aromatic carbocycles. The van der Waals surface area contributed by atoms with E-state index in [1.807, 2.05) is 52.0 Å². The van der Waals surface area contributed by atoms with Crippen molar-refractivity contribution in [2.45, 2.75) is 39.8 Å². The fourth-order valence-corrected chi connectivity index (χ4v) is 1.41. The monoisotopic (exact) mass is 250 g/mol. The molecule has 18 heavy (non-hydrogen) atoms. The minimum Gasteiger partial charge on any atom is -0.489 e. The van der Waals surface area contributed by atoms with E-state index < -0.39 is 0 Å². The second-order valence-electron chi connectivity index (χ2n) is 4.80. The predicted octanol–water partition coefficient (Wildman–Crippen LogP) is 2.40. The maximum atomic E-state index is 11.9. The number of amides is 1. The molecular weight excluding hydrogens is 228 g/mol. The molecule has 4 heteroatoms. The Bertz CT molecular complexity index is 403. The number of para-hydroxylation sites is 2. The van der Waals surface area contributed by atoms with E-state index in [9.17, 15) is 4.79 Å². The zero-order valence-electron chi connectivity index (χ0n) is 11.4. The number of ether oxygens (including phenoxy) is 1. The molecule has 0 radical (unpaired) electrons. The van der Waals surface area contributed by atoms with Gasteiger partial charge in [-0.25, -0.2) is 0 Å². The quantitative estimate of drug-likeness (QED) is 0.843. The first kappa shape index (κ1) is 14.5. The molecule has 0 heterocycles. The number of carbonyl (C=O) groups excluding carboxylic acids is 1. The Morgan fingerprint density at radius 3 is 2.39 bits per heavy atom. The maximum Gasteiger partial charge on any atom is 0.228 e. The lowest BCUT2D eigenvalue weighted by Crippen LogP contribution is -2.34. The van der Waals surface area contributed by atoms with Crippen LogP contribution in [0.2, 0.25) is 0 Å². The number of nitrogens with one attached hydrogen (secondary N) is 1. The lowest BCUT2D eigenvalue weighted by Gasteiger charge is -2.18. The molecular formula is C14H22N2O2. The lowest BCUT2D eigenvalue weighted by molar-refractivity contribution is -0.119. The smallest absolute Gasteiger partial charge is 0.228 e. The number of nitrogens with two attached hydrogens (primary N) is 1. The van der Waals surface area contributed by atoms with Crippen LogP contribution in [0.3, 0.4) is 0 Å². The van der Waals surface area contributed by atoms with Gasteiger partial charge in [-0.1, -0.05) is 19.1 Å². The molecule has 3 N–H and O–H groups in total. The Kier molecular flexibility index (Phi) is 5.16. The molecule has 0 bridgehead atoms. The van der Waals surface area contributed by atoms with Crippen molar-refractivity contribution in [2.75, 3.05) is 5.32 Å². The molecule has 0 aliphatic carbocycles. The SMILES string of the molecule is CC(C)Oc1ccccc1NC(=O)C(C)C(C)N. The third-order valence-electron chi connectivity index (χ3n) is 2.71. The van der Waals surface area contributed by atoms with Crippen LogP contribution in [-0.2, 0) is 4.79 Å². The van der Waals surface area contributed by atoms with Gasteiger partial charge in [0.15, 0.2) is 0 Å². The Morgan fingerprint density at radius 2 is 1.83 bits per heavy atom. The zero-order valence-corrected chi connectivity index (χ0v) is 11.4. The van der Waals surface area contributed by atoms with E-state index in [-0.39, 0.29) is 24.0 Å². The highest BCUT2D eigenvalue weighted by molar-refractivity contribution is 5.94. The summed E-state index contributed by atoms with van der Waals surface area (Å²) in [5.41, 5.74) is 6.40. The van der Waals surface area contributed by atoms with Crippen LogP contribution in [0.1, 0.15) is 27.7 Å². The zero-order chi connectivity index (χ0) is 13.7. The second kappa shape index (κ2) is 6.40. The maximum absolute atomic E-state index is 11.9. The van der Waals surface area contributed by atoms with Gasteiger partial charge in [0.05, 0.1) is 17.7 Å². The summed E-state index contributed by atoms with van der Waals surface area (Å²) in [4.78, 5) is 11.9. The van der Waals surface area contributed by atoms with Crippen molar-refractivity contribution in [2.24, 2.45) is 11.7 Å². The van der Waals surface area contributed by atoms with Crippen molar-refractivity contribution in [1.29, 1.82) is 0 Å². The van der Waals surface area contributed by atoms with Gasteiger partial charge in [0, 0.05) is 6.04 Å². The van der Waals surface area contributed by atoms with Crippen molar-refractivity contribution in [1.82, 2.24) is 0 Å². The topological polar surface area (TPSA) is 64.3 Å².